The lowest BCUT2D eigenvalue weighted by Gasteiger charge is -2.47. The number of fused-ring (bicyclic) bond motifs is 1. The third-order valence-corrected chi connectivity index (χ3v) is 4.07. The van der Waals surface area contributed by atoms with Gasteiger partial charge in [0.15, 0.2) is 0 Å². The van der Waals surface area contributed by atoms with Crippen LogP contribution in [0, 0.1) is 5.82 Å². The molecule has 2 aliphatic heterocycles. The van der Waals surface area contributed by atoms with Crippen molar-refractivity contribution in [2.45, 2.75) is 57.0 Å². The molecule has 19 heavy (non-hydrogen) atoms. The molecule has 0 saturated carbocycles. The number of halogens is 1. The molecule has 2 N–H and O–H groups in total. The number of ether oxygens (including phenoxy) is 2. The molecule has 3 nitrogen and oxygen atoms in total. The number of benzene rings is 1. The van der Waals surface area contributed by atoms with Gasteiger partial charge in [0.1, 0.15) is 17.2 Å². The average Bonchev–Trinajstić information content (AvgIpc) is 2.28. The summed E-state index contributed by atoms with van der Waals surface area (Å²) < 4.78 is 25.3. The summed E-state index contributed by atoms with van der Waals surface area (Å²) in [6.45, 7) is 4.12. The van der Waals surface area contributed by atoms with Crippen molar-refractivity contribution in [1.82, 2.24) is 0 Å². The Morgan fingerprint density at radius 2 is 1.89 bits per heavy atom. The normalized spacial score (nSPS) is 37.8. The fourth-order valence-corrected chi connectivity index (χ4v) is 3.56. The molecule has 104 valence electrons. The summed E-state index contributed by atoms with van der Waals surface area (Å²) in [5.74, 6) is 0.462. The van der Waals surface area contributed by atoms with Crippen LogP contribution in [-0.2, 0) is 4.74 Å². The van der Waals surface area contributed by atoms with Crippen LogP contribution in [0.1, 0.15) is 44.7 Å². The van der Waals surface area contributed by atoms with E-state index in [1.165, 1.54) is 12.1 Å². The third kappa shape index (κ3) is 2.35. The molecule has 3 rings (SSSR count). The van der Waals surface area contributed by atoms with Gasteiger partial charge in [-0.25, -0.2) is 4.39 Å². The van der Waals surface area contributed by atoms with E-state index in [0.29, 0.717) is 0 Å². The summed E-state index contributed by atoms with van der Waals surface area (Å²) in [5, 5.41) is 0. The van der Waals surface area contributed by atoms with Crippen LogP contribution in [0.25, 0.3) is 0 Å². The molecule has 3 unspecified atom stereocenters. The molecule has 1 aromatic rings. The Kier molecular flexibility index (Phi) is 3.02. The van der Waals surface area contributed by atoms with Gasteiger partial charge in [0, 0.05) is 30.9 Å². The first-order valence-corrected chi connectivity index (χ1v) is 6.87. The molecule has 2 heterocycles. The van der Waals surface area contributed by atoms with E-state index >= 15 is 0 Å². The van der Waals surface area contributed by atoms with Crippen molar-refractivity contribution in [1.29, 1.82) is 0 Å². The third-order valence-electron chi connectivity index (χ3n) is 4.07. The van der Waals surface area contributed by atoms with Crippen LogP contribution >= 0.6 is 0 Å². The molecule has 1 aromatic carbocycles. The lowest BCUT2D eigenvalue weighted by Crippen LogP contribution is -2.51. The fraction of sp³-hybridized carbons (Fsp3) is 0.600. The van der Waals surface area contributed by atoms with Crippen molar-refractivity contribution < 1.29 is 13.9 Å². The highest BCUT2D eigenvalue weighted by Gasteiger charge is 2.45. The minimum atomic E-state index is -0.263. The second kappa shape index (κ2) is 4.46. The van der Waals surface area contributed by atoms with Gasteiger partial charge in [-0.05, 0) is 32.0 Å². The molecule has 0 amide bonds. The quantitative estimate of drug-likeness (QED) is 0.784. The van der Waals surface area contributed by atoms with Crippen molar-refractivity contribution in [3.05, 3.63) is 29.6 Å². The molecule has 4 heteroatoms. The predicted molar refractivity (Wildman–Crippen MR) is 70.5 cm³/mol. The van der Waals surface area contributed by atoms with E-state index in [4.69, 9.17) is 15.2 Å². The second-order valence-corrected chi connectivity index (χ2v) is 5.94. The van der Waals surface area contributed by atoms with Crippen LogP contribution < -0.4 is 10.5 Å². The zero-order valence-electron chi connectivity index (χ0n) is 11.4. The summed E-state index contributed by atoms with van der Waals surface area (Å²) >= 11 is 0. The number of rotatable bonds is 0. The van der Waals surface area contributed by atoms with E-state index in [2.05, 4.69) is 13.8 Å². The molecule has 1 fully saturated rings. The first-order valence-electron chi connectivity index (χ1n) is 6.87. The Morgan fingerprint density at radius 3 is 2.58 bits per heavy atom. The van der Waals surface area contributed by atoms with E-state index in [-0.39, 0.29) is 29.7 Å². The van der Waals surface area contributed by atoms with Crippen molar-refractivity contribution in [3.63, 3.8) is 0 Å². The van der Waals surface area contributed by atoms with E-state index in [9.17, 15) is 4.39 Å². The Balaban J connectivity index is 1.94. The summed E-state index contributed by atoms with van der Waals surface area (Å²) in [7, 11) is 0. The number of hydrogen-bond acceptors (Lipinski definition) is 3. The monoisotopic (exact) mass is 265 g/mol. The van der Waals surface area contributed by atoms with Crippen molar-refractivity contribution >= 4 is 0 Å². The Labute approximate surface area is 112 Å². The van der Waals surface area contributed by atoms with Crippen LogP contribution in [0.15, 0.2) is 18.2 Å². The molecule has 0 aromatic heterocycles. The standard InChI is InChI=1S/C15H20FNO2/c1-9-6-15(7-10(2)18-9)8-13(17)12-5-11(16)3-4-14(12)19-15/h3-5,9-10,13H,6-8,17H2,1-2H3. The van der Waals surface area contributed by atoms with Crippen molar-refractivity contribution in [3.8, 4) is 5.75 Å². The van der Waals surface area contributed by atoms with Crippen LogP contribution in [0.5, 0.6) is 5.75 Å². The predicted octanol–water partition coefficient (Wildman–Crippen LogP) is 2.93. The van der Waals surface area contributed by atoms with E-state index in [0.717, 1.165) is 30.6 Å². The molecule has 0 aliphatic carbocycles. The average molecular weight is 265 g/mol. The molecule has 2 aliphatic rings. The highest BCUT2D eigenvalue weighted by Crippen LogP contribution is 2.45. The van der Waals surface area contributed by atoms with E-state index in [1.54, 1.807) is 6.07 Å². The smallest absolute Gasteiger partial charge is 0.125 e. The summed E-state index contributed by atoms with van der Waals surface area (Å²) in [4.78, 5) is 0. The Morgan fingerprint density at radius 1 is 1.21 bits per heavy atom. The number of hydrogen-bond donors (Lipinski definition) is 1. The maximum absolute atomic E-state index is 13.3. The molecule has 1 spiro atoms. The Bertz CT molecular complexity index is 481. The number of nitrogens with two attached hydrogens (primary N) is 1. The highest BCUT2D eigenvalue weighted by atomic mass is 19.1. The van der Waals surface area contributed by atoms with Gasteiger partial charge < -0.3 is 15.2 Å². The van der Waals surface area contributed by atoms with E-state index in [1.807, 2.05) is 0 Å². The maximum atomic E-state index is 13.3. The van der Waals surface area contributed by atoms with Crippen molar-refractivity contribution in [2.75, 3.05) is 0 Å². The molecule has 0 bridgehead atoms. The van der Waals surface area contributed by atoms with Crippen LogP contribution in [0.3, 0.4) is 0 Å². The zero-order valence-corrected chi connectivity index (χ0v) is 11.4. The van der Waals surface area contributed by atoms with Crippen LogP contribution in [0.2, 0.25) is 0 Å². The molecule has 0 radical (unpaired) electrons. The van der Waals surface area contributed by atoms with Crippen molar-refractivity contribution in [2.24, 2.45) is 5.73 Å². The summed E-state index contributed by atoms with van der Waals surface area (Å²) in [6, 6.07) is 4.43. The molecular formula is C15H20FNO2. The first-order chi connectivity index (χ1) is 8.97. The van der Waals surface area contributed by atoms with Gasteiger partial charge >= 0.3 is 0 Å². The highest BCUT2D eigenvalue weighted by molar-refractivity contribution is 5.39. The molecule has 3 atom stereocenters. The van der Waals surface area contributed by atoms with Gasteiger partial charge in [0.05, 0.1) is 12.2 Å². The summed E-state index contributed by atoms with van der Waals surface area (Å²) in [5.41, 5.74) is 6.74. The summed E-state index contributed by atoms with van der Waals surface area (Å²) in [6.07, 6.45) is 2.72. The minimum Gasteiger partial charge on any atom is -0.487 e. The van der Waals surface area contributed by atoms with Gasteiger partial charge in [-0.15, -0.1) is 0 Å². The Hall–Kier alpha value is -1.13. The minimum absolute atomic E-state index is 0.165. The fourth-order valence-electron chi connectivity index (χ4n) is 3.56. The molecular weight excluding hydrogens is 245 g/mol. The van der Waals surface area contributed by atoms with Gasteiger partial charge in [-0.2, -0.15) is 0 Å². The largest absolute Gasteiger partial charge is 0.487 e. The lowest BCUT2D eigenvalue weighted by molar-refractivity contribution is -0.129. The zero-order chi connectivity index (χ0) is 13.6. The maximum Gasteiger partial charge on any atom is 0.125 e. The second-order valence-electron chi connectivity index (χ2n) is 5.94. The SMILES string of the molecule is CC1CC2(CC(C)O1)CC(N)c1cc(F)ccc1O2. The lowest BCUT2D eigenvalue weighted by atomic mass is 9.79. The van der Waals surface area contributed by atoms with E-state index < -0.39 is 0 Å². The molecule has 1 saturated heterocycles. The van der Waals surface area contributed by atoms with Gasteiger partial charge in [-0.1, -0.05) is 0 Å². The topological polar surface area (TPSA) is 44.5 Å². The van der Waals surface area contributed by atoms with Gasteiger partial charge in [-0.3, -0.25) is 0 Å². The van der Waals surface area contributed by atoms with Crippen LogP contribution in [0.4, 0.5) is 4.39 Å². The van der Waals surface area contributed by atoms with Gasteiger partial charge in [0.2, 0.25) is 0 Å². The first kappa shape index (κ1) is 12.9. The van der Waals surface area contributed by atoms with Crippen LogP contribution in [-0.4, -0.2) is 17.8 Å². The van der Waals surface area contributed by atoms with Gasteiger partial charge in [0.25, 0.3) is 0 Å².